The van der Waals surface area contributed by atoms with Gasteiger partial charge >= 0.3 is 6.03 Å². The van der Waals surface area contributed by atoms with Crippen LogP contribution in [0.15, 0.2) is 24.3 Å². The number of sulfone groups is 1. The number of phenols is 1. The van der Waals surface area contributed by atoms with Crippen molar-refractivity contribution in [1.82, 2.24) is 10.2 Å². The van der Waals surface area contributed by atoms with Crippen LogP contribution in [0.25, 0.3) is 0 Å². The maximum atomic E-state index is 12.5. The Kier molecular flexibility index (Phi) is 4.48. The molecule has 1 saturated heterocycles. The van der Waals surface area contributed by atoms with E-state index in [1.807, 2.05) is 6.07 Å². The van der Waals surface area contributed by atoms with Crippen molar-refractivity contribution in [2.45, 2.75) is 31.8 Å². The second-order valence-corrected chi connectivity index (χ2v) is 8.77. The Morgan fingerprint density at radius 1 is 1.30 bits per heavy atom. The number of urea groups is 1. The minimum atomic E-state index is -3.01. The van der Waals surface area contributed by atoms with E-state index in [0.717, 1.165) is 18.4 Å². The molecule has 23 heavy (non-hydrogen) atoms. The van der Waals surface area contributed by atoms with Gasteiger partial charge in [0.2, 0.25) is 0 Å². The molecule has 0 unspecified atom stereocenters. The standard InChI is InChI=1S/C16H22N2O4S/c19-15-3-1-2-13(8-15)10-18(9-12-4-5-12)16(20)17-14-6-7-23(21,22)11-14/h1-3,8,12,14,19H,4-7,9-11H2,(H,17,20)/t14-/m0/s1. The van der Waals surface area contributed by atoms with Gasteiger partial charge in [0.25, 0.3) is 0 Å². The van der Waals surface area contributed by atoms with Gasteiger partial charge in [0, 0.05) is 19.1 Å². The van der Waals surface area contributed by atoms with Crippen molar-refractivity contribution in [3.63, 3.8) is 0 Å². The molecule has 2 aliphatic rings. The third-order valence-corrected chi connectivity index (χ3v) is 6.07. The van der Waals surface area contributed by atoms with Crippen LogP contribution >= 0.6 is 0 Å². The SMILES string of the molecule is O=C(N[C@H]1CCS(=O)(=O)C1)N(Cc1cccc(O)c1)CC1CC1. The number of nitrogens with one attached hydrogen (secondary N) is 1. The molecule has 2 fully saturated rings. The zero-order chi connectivity index (χ0) is 16.4. The van der Waals surface area contributed by atoms with E-state index in [-0.39, 0.29) is 29.3 Å². The minimum Gasteiger partial charge on any atom is -0.508 e. The summed E-state index contributed by atoms with van der Waals surface area (Å²) in [5, 5.41) is 12.4. The van der Waals surface area contributed by atoms with Crippen molar-refractivity contribution in [3.05, 3.63) is 29.8 Å². The number of aromatic hydroxyl groups is 1. The summed E-state index contributed by atoms with van der Waals surface area (Å²) in [4.78, 5) is 14.2. The van der Waals surface area contributed by atoms with Crippen molar-refractivity contribution >= 4 is 15.9 Å². The molecule has 126 valence electrons. The highest BCUT2D eigenvalue weighted by atomic mass is 32.2. The Balaban J connectivity index is 1.64. The van der Waals surface area contributed by atoms with Gasteiger partial charge in [-0.1, -0.05) is 12.1 Å². The first-order valence-corrected chi connectivity index (χ1v) is 9.77. The second kappa shape index (κ2) is 6.39. The predicted molar refractivity (Wildman–Crippen MR) is 86.8 cm³/mol. The molecule has 1 aliphatic carbocycles. The highest BCUT2D eigenvalue weighted by Gasteiger charge is 2.32. The van der Waals surface area contributed by atoms with E-state index < -0.39 is 9.84 Å². The van der Waals surface area contributed by atoms with E-state index in [1.54, 1.807) is 23.1 Å². The van der Waals surface area contributed by atoms with Gasteiger partial charge < -0.3 is 15.3 Å². The number of nitrogens with zero attached hydrogens (tertiary/aromatic N) is 1. The number of amides is 2. The number of hydrogen-bond acceptors (Lipinski definition) is 4. The van der Waals surface area contributed by atoms with Gasteiger partial charge in [-0.2, -0.15) is 0 Å². The van der Waals surface area contributed by atoms with Crippen molar-refractivity contribution in [2.24, 2.45) is 5.92 Å². The topological polar surface area (TPSA) is 86.7 Å². The van der Waals surface area contributed by atoms with E-state index in [4.69, 9.17) is 0 Å². The molecule has 0 aromatic heterocycles. The molecule has 1 aliphatic heterocycles. The van der Waals surface area contributed by atoms with E-state index in [0.29, 0.717) is 25.4 Å². The fourth-order valence-corrected chi connectivity index (χ4v) is 4.55. The van der Waals surface area contributed by atoms with Crippen LogP contribution in [0.3, 0.4) is 0 Å². The van der Waals surface area contributed by atoms with Crippen LogP contribution in [0.1, 0.15) is 24.8 Å². The smallest absolute Gasteiger partial charge is 0.317 e. The Labute approximate surface area is 136 Å². The summed E-state index contributed by atoms with van der Waals surface area (Å²) < 4.78 is 23.0. The Bertz CT molecular complexity index is 685. The largest absolute Gasteiger partial charge is 0.508 e. The first-order chi connectivity index (χ1) is 10.9. The van der Waals surface area contributed by atoms with E-state index >= 15 is 0 Å². The summed E-state index contributed by atoms with van der Waals surface area (Å²) in [5.74, 6) is 0.886. The summed E-state index contributed by atoms with van der Waals surface area (Å²) in [7, 11) is -3.01. The normalized spacial score (nSPS) is 22.7. The van der Waals surface area contributed by atoms with Gasteiger partial charge in [-0.3, -0.25) is 0 Å². The van der Waals surface area contributed by atoms with Crippen LogP contribution in [0.4, 0.5) is 4.79 Å². The molecule has 1 aromatic rings. The maximum absolute atomic E-state index is 12.5. The fraction of sp³-hybridized carbons (Fsp3) is 0.562. The average Bonchev–Trinajstić information content (AvgIpc) is 3.22. The predicted octanol–water partition coefficient (Wildman–Crippen LogP) is 1.50. The Morgan fingerprint density at radius 3 is 2.70 bits per heavy atom. The molecular formula is C16H22N2O4S. The quantitative estimate of drug-likeness (QED) is 0.852. The summed E-state index contributed by atoms with van der Waals surface area (Å²) in [6.07, 6.45) is 2.74. The fourth-order valence-electron chi connectivity index (χ4n) is 2.88. The van der Waals surface area contributed by atoms with Crippen LogP contribution in [0.2, 0.25) is 0 Å². The maximum Gasteiger partial charge on any atom is 0.317 e. The highest BCUT2D eigenvalue weighted by Crippen LogP contribution is 2.30. The summed E-state index contributed by atoms with van der Waals surface area (Å²) in [5.41, 5.74) is 0.861. The van der Waals surface area contributed by atoms with E-state index in [1.165, 1.54) is 0 Å². The lowest BCUT2D eigenvalue weighted by molar-refractivity contribution is 0.189. The van der Waals surface area contributed by atoms with Crippen molar-refractivity contribution < 1.29 is 18.3 Å². The van der Waals surface area contributed by atoms with Crippen LogP contribution in [0.5, 0.6) is 5.75 Å². The third-order valence-electron chi connectivity index (χ3n) is 4.31. The Morgan fingerprint density at radius 2 is 2.09 bits per heavy atom. The van der Waals surface area contributed by atoms with Crippen LogP contribution < -0.4 is 5.32 Å². The van der Waals surface area contributed by atoms with Crippen molar-refractivity contribution in [2.75, 3.05) is 18.1 Å². The van der Waals surface area contributed by atoms with Gasteiger partial charge in [-0.25, -0.2) is 13.2 Å². The second-order valence-electron chi connectivity index (χ2n) is 6.54. The molecule has 1 heterocycles. The number of benzene rings is 1. The molecule has 1 aromatic carbocycles. The molecule has 7 heteroatoms. The van der Waals surface area contributed by atoms with Gasteiger partial charge in [0.05, 0.1) is 11.5 Å². The first kappa shape index (κ1) is 16.1. The molecule has 0 radical (unpaired) electrons. The summed E-state index contributed by atoms with van der Waals surface area (Å²) >= 11 is 0. The molecule has 0 bridgehead atoms. The number of carbonyl (C=O) groups is 1. The zero-order valence-electron chi connectivity index (χ0n) is 12.9. The van der Waals surface area contributed by atoms with Gasteiger partial charge in [0.15, 0.2) is 9.84 Å². The Hall–Kier alpha value is -1.76. The lowest BCUT2D eigenvalue weighted by atomic mass is 10.2. The lowest BCUT2D eigenvalue weighted by Gasteiger charge is -2.25. The van der Waals surface area contributed by atoms with Gasteiger partial charge in [0.1, 0.15) is 5.75 Å². The molecular weight excluding hydrogens is 316 g/mol. The lowest BCUT2D eigenvalue weighted by Crippen LogP contribution is -2.45. The van der Waals surface area contributed by atoms with Crippen LogP contribution in [0, 0.1) is 5.92 Å². The summed E-state index contributed by atoms with van der Waals surface area (Å²) in [6.45, 7) is 1.08. The molecule has 6 nitrogen and oxygen atoms in total. The average molecular weight is 338 g/mol. The molecule has 3 rings (SSSR count). The van der Waals surface area contributed by atoms with E-state index in [9.17, 15) is 18.3 Å². The number of carbonyl (C=O) groups excluding carboxylic acids is 1. The summed E-state index contributed by atoms with van der Waals surface area (Å²) in [6, 6.07) is 6.35. The number of hydrogen-bond donors (Lipinski definition) is 2. The number of rotatable bonds is 5. The minimum absolute atomic E-state index is 0.0299. The van der Waals surface area contributed by atoms with Crippen molar-refractivity contribution in [3.8, 4) is 5.75 Å². The third kappa shape index (κ3) is 4.60. The van der Waals surface area contributed by atoms with E-state index in [2.05, 4.69) is 5.32 Å². The molecule has 1 saturated carbocycles. The van der Waals surface area contributed by atoms with Crippen LogP contribution in [-0.2, 0) is 16.4 Å². The number of phenolic OH excluding ortho intramolecular Hbond substituents is 1. The molecule has 1 atom stereocenters. The van der Waals surface area contributed by atoms with Gasteiger partial charge in [-0.15, -0.1) is 0 Å². The molecule has 2 amide bonds. The molecule has 0 spiro atoms. The van der Waals surface area contributed by atoms with Gasteiger partial charge in [-0.05, 0) is 42.9 Å². The highest BCUT2D eigenvalue weighted by molar-refractivity contribution is 7.91. The molecule has 2 N–H and O–H groups in total. The monoisotopic (exact) mass is 338 g/mol. The van der Waals surface area contributed by atoms with Crippen molar-refractivity contribution in [1.29, 1.82) is 0 Å². The zero-order valence-corrected chi connectivity index (χ0v) is 13.8. The van der Waals surface area contributed by atoms with Crippen LogP contribution in [-0.4, -0.2) is 48.5 Å². The first-order valence-electron chi connectivity index (χ1n) is 7.95.